The molecule has 0 saturated heterocycles. The van der Waals surface area contributed by atoms with Gasteiger partial charge < -0.3 is 20.2 Å². The Balaban J connectivity index is 0.00000205. The average Bonchev–Trinajstić information content (AvgIpc) is 3.30. The first-order valence-corrected chi connectivity index (χ1v) is 9.77. The van der Waals surface area contributed by atoms with Crippen molar-refractivity contribution in [1.29, 1.82) is 0 Å². The summed E-state index contributed by atoms with van der Waals surface area (Å²) in [6.45, 7) is 0. The van der Waals surface area contributed by atoms with Crippen LogP contribution in [0.4, 0.5) is 5.69 Å². The van der Waals surface area contributed by atoms with Gasteiger partial charge in [-0.3, -0.25) is 4.79 Å². The lowest BCUT2D eigenvalue weighted by Gasteiger charge is -2.28. The number of hydrogen-bond acceptors (Lipinski definition) is 2. The molecule has 0 spiro atoms. The van der Waals surface area contributed by atoms with Crippen molar-refractivity contribution in [1.82, 2.24) is 14.9 Å². The molecule has 0 radical (unpaired) electrons. The lowest BCUT2D eigenvalue weighted by Crippen LogP contribution is -2.33. The number of H-pyrrole nitrogens is 2. The molecule has 6 heteroatoms. The van der Waals surface area contributed by atoms with Gasteiger partial charge in [0.05, 0.1) is 0 Å². The zero-order valence-corrected chi connectivity index (χ0v) is 17.4. The zero-order chi connectivity index (χ0) is 19.3. The molecule has 0 saturated carbocycles. The van der Waals surface area contributed by atoms with E-state index in [-0.39, 0.29) is 18.3 Å². The normalized spacial score (nSPS) is 16.0. The van der Waals surface area contributed by atoms with Crippen LogP contribution in [0.1, 0.15) is 28.0 Å². The van der Waals surface area contributed by atoms with Crippen LogP contribution in [-0.2, 0) is 12.8 Å². The summed E-state index contributed by atoms with van der Waals surface area (Å²) in [5, 5.41) is 5.33. The molecule has 0 bridgehead atoms. The molecule has 4 aromatic rings. The zero-order valence-electron chi connectivity index (χ0n) is 16.6. The van der Waals surface area contributed by atoms with Gasteiger partial charge in [0.2, 0.25) is 0 Å². The molecule has 150 valence electrons. The first-order valence-electron chi connectivity index (χ1n) is 9.77. The van der Waals surface area contributed by atoms with E-state index in [4.69, 9.17) is 0 Å². The average molecular weight is 409 g/mol. The SMILES string of the molecule is CN(C)C1CCc2[nH]c3ccc(NC(=O)c4ccc5[nH]ccc5c4)cc3c2C1.Cl. The molecule has 1 atom stereocenters. The van der Waals surface area contributed by atoms with Gasteiger partial charge in [0.15, 0.2) is 0 Å². The molecule has 2 heterocycles. The largest absolute Gasteiger partial charge is 0.361 e. The summed E-state index contributed by atoms with van der Waals surface area (Å²) in [6.07, 6.45) is 5.18. The Labute approximate surface area is 175 Å². The van der Waals surface area contributed by atoms with Gasteiger partial charge in [0.1, 0.15) is 0 Å². The molecule has 1 aliphatic rings. The molecule has 2 aromatic heterocycles. The van der Waals surface area contributed by atoms with Crippen LogP contribution in [0.5, 0.6) is 0 Å². The molecular weight excluding hydrogens is 384 g/mol. The Hall–Kier alpha value is -2.76. The maximum Gasteiger partial charge on any atom is 0.255 e. The van der Waals surface area contributed by atoms with Crippen molar-refractivity contribution in [3.05, 3.63) is 65.5 Å². The van der Waals surface area contributed by atoms with E-state index in [1.807, 2.05) is 36.5 Å². The van der Waals surface area contributed by atoms with E-state index in [2.05, 4.69) is 46.4 Å². The maximum absolute atomic E-state index is 12.7. The molecule has 5 rings (SSSR count). The quantitative estimate of drug-likeness (QED) is 0.458. The van der Waals surface area contributed by atoms with Crippen molar-refractivity contribution in [3.63, 3.8) is 0 Å². The highest BCUT2D eigenvalue weighted by Gasteiger charge is 2.24. The van der Waals surface area contributed by atoms with Gasteiger partial charge in [-0.2, -0.15) is 0 Å². The number of fused-ring (bicyclic) bond motifs is 4. The topological polar surface area (TPSA) is 63.9 Å². The number of amides is 1. The summed E-state index contributed by atoms with van der Waals surface area (Å²) in [6, 6.07) is 14.4. The number of carbonyl (C=O) groups is 1. The number of aromatic nitrogens is 2. The molecule has 1 aliphatic carbocycles. The summed E-state index contributed by atoms with van der Waals surface area (Å²) >= 11 is 0. The summed E-state index contributed by atoms with van der Waals surface area (Å²) in [5.74, 6) is -0.0852. The van der Waals surface area contributed by atoms with Crippen LogP contribution >= 0.6 is 12.4 Å². The van der Waals surface area contributed by atoms with Crippen molar-refractivity contribution >= 4 is 45.8 Å². The second-order valence-electron chi connectivity index (χ2n) is 7.94. The number of benzene rings is 2. The Kier molecular flexibility index (Phi) is 5.11. The predicted molar refractivity (Wildman–Crippen MR) is 121 cm³/mol. The molecule has 0 aliphatic heterocycles. The van der Waals surface area contributed by atoms with Crippen molar-refractivity contribution in [2.24, 2.45) is 0 Å². The lowest BCUT2D eigenvalue weighted by atomic mass is 9.91. The molecular formula is C23H25ClN4O. The second kappa shape index (κ2) is 7.58. The Morgan fingerprint density at radius 1 is 1.10 bits per heavy atom. The smallest absolute Gasteiger partial charge is 0.255 e. The predicted octanol–water partition coefficient (Wildman–Crippen LogP) is 4.74. The van der Waals surface area contributed by atoms with E-state index in [0.29, 0.717) is 11.6 Å². The van der Waals surface area contributed by atoms with E-state index < -0.39 is 0 Å². The number of carbonyl (C=O) groups excluding carboxylic acids is 1. The summed E-state index contributed by atoms with van der Waals surface area (Å²) in [4.78, 5) is 21.8. The number of rotatable bonds is 3. The number of aryl methyl sites for hydroxylation is 1. The molecule has 0 fully saturated rings. The fourth-order valence-electron chi connectivity index (χ4n) is 4.31. The van der Waals surface area contributed by atoms with Gasteiger partial charge in [-0.05, 0) is 81.4 Å². The number of nitrogens with zero attached hydrogens (tertiary/aromatic N) is 1. The fraction of sp³-hybridized carbons (Fsp3) is 0.261. The van der Waals surface area contributed by atoms with Crippen LogP contribution in [0.2, 0.25) is 0 Å². The number of likely N-dealkylation sites (N-methyl/N-ethyl adjacent to an activating group) is 1. The molecule has 3 N–H and O–H groups in total. The van der Waals surface area contributed by atoms with Gasteiger partial charge in [-0.25, -0.2) is 0 Å². The highest BCUT2D eigenvalue weighted by molar-refractivity contribution is 6.07. The van der Waals surface area contributed by atoms with Crippen molar-refractivity contribution in [2.45, 2.75) is 25.3 Å². The third-order valence-electron chi connectivity index (χ3n) is 5.97. The lowest BCUT2D eigenvalue weighted by molar-refractivity contribution is 0.102. The van der Waals surface area contributed by atoms with Crippen LogP contribution in [0.3, 0.4) is 0 Å². The van der Waals surface area contributed by atoms with Gasteiger partial charge >= 0.3 is 0 Å². The van der Waals surface area contributed by atoms with E-state index in [9.17, 15) is 4.79 Å². The summed E-state index contributed by atoms with van der Waals surface area (Å²) in [5.41, 5.74) is 6.42. The van der Waals surface area contributed by atoms with Crippen LogP contribution in [0.15, 0.2) is 48.7 Å². The van der Waals surface area contributed by atoms with Crippen molar-refractivity contribution < 1.29 is 4.79 Å². The maximum atomic E-state index is 12.7. The first kappa shape index (κ1) is 19.6. The Bertz CT molecular complexity index is 1190. The monoisotopic (exact) mass is 408 g/mol. The van der Waals surface area contributed by atoms with Crippen LogP contribution in [0, 0.1) is 0 Å². The van der Waals surface area contributed by atoms with Gasteiger partial charge in [-0.1, -0.05) is 0 Å². The highest BCUT2D eigenvalue weighted by Crippen LogP contribution is 2.32. The minimum Gasteiger partial charge on any atom is -0.361 e. The van der Waals surface area contributed by atoms with Gasteiger partial charge in [0, 0.05) is 51.0 Å². The number of hydrogen-bond donors (Lipinski definition) is 3. The molecule has 1 unspecified atom stereocenters. The standard InChI is InChI=1S/C23H24N4O.ClH/c1-27(2)17-5-8-22-19(13-17)18-12-16(4-7-21(18)26-22)25-23(28)15-3-6-20-14(11-15)9-10-24-20;/h3-4,6-7,9-12,17,24,26H,5,8,13H2,1-2H3,(H,25,28);1H. The van der Waals surface area contributed by atoms with E-state index in [0.717, 1.165) is 34.9 Å². The Morgan fingerprint density at radius 2 is 1.93 bits per heavy atom. The third kappa shape index (κ3) is 3.52. The van der Waals surface area contributed by atoms with Crippen molar-refractivity contribution in [2.75, 3.05) is 19.4 Å². The molecule has 2 aromatic carbocycles. The summed E-state index contributed by atoms with van der Waals surface area (Å²) < 4.78 is 0. The fourth-order valence-corrected chi connectivity index (χ4v) is 4.31. The van der Waals surface area contributed by atoms with Crippen LogP contribution in [0.25, 0.3) is 21.8 Å². The minimum absolute atomic E-state index is 0. The number of aromatic amines is 2. The van der Waals surface area contributed by atoms with Gasteiger partial charge in [-0.15, -0.1) is 12.4 Å². The number of nitrogens with one attached hydrogen (secondary N) is 3. The van der Waals surface area contributed by atoms with E-state index in [1.54, 1.807) is 0 Å². The summed E-state index contributed by atoms with van der Waals surface area (Å²) in [7, 11) is 4.30. The highest BCUT2D eigenvalue weighted by atomic mass is 35.5. The van der Waals surface area contributed by atoms with Crippen LogP contribution < -0.4 is 5.32 Å². The minimum atomic E-state index is -0.0852. The molecule has 29 heavy (non-hydrogen) atoms. The van der Waals surface area contributed by atoms with Gasteiger partial charge in [0.25, 0.3) is 5.91 Å². The van der Waals surface area contributed by atoms with Crippen molar-refractivity contribution in [3.8, 4) is 0 Å². The Morgan fingerprint density at radius 3 is 2.76 bits per heavy atom. The number of anilines is 1. The second-order valence-corrected chi connectivity index (χ2v) is 7.94. The van der Waals surface area contributed by atoms with E-state index in [1.165, 1.54) is 23.1 Å². The van der Waals surface area contributed by atoms with Crippen LogP contribution in [-0.4, -0.2) is 40.9 Å². The number of halogens is 1. The molecule has 1 amide bonds. The third-order valence-corrected chi connectivity index (χ3v) is 5.97. The molecule has 5 nitrogen and oxygen atoms in total. The van der Waals surface area contributed by atoms with E-state index >= 15 is 0 Å². The first-order chi connectivity index (χ1) is 13.6.